The first kappa shape index (κ1) is 9.77. The van der Waals surface area contributed by atoms with E-state index in [4.69, 9.17) is 0 Å². The first-order valence-electron chi connectivity index (χ1n) is 4.96. The molecule has 15 heavy (non-hydrogen) atoms. The van der Waals surface area contributed by atoms with E-state index in [-0.39, 0.29) is 0 Å². The second-order valence-corrected chi connectivity index (χ2v) is 3.86. The van der Waals surface area contributed by atoms with Gasteiger partial charge >= 0.3 is 0 Å². The number of hydrogen-bond donors (Lipinski definition) is 1. The van der Waals surface area contributed by atoms with Crippen molar-refractivity contribution in [1.82, 2.24) is 9.97 Å². The van der Waals surface area contributed by atoms with Gasteiger partial charge in [0, 0.05) is 37.2 Å². The average molecular weight is 201 g/mol. The van der Waals surface area contributed by atoms with E-state index < -0.39 is 0 Å². The number of aryl methyl sites for hydroxylation is 1. The lowest BCUT2D eigenvalue weighted by Gasteiger charge is -2.12. The molecule has 0 atom stereocenters. The number of aromatic nitrogens is 2. The van der Waals surface area contributed by atoms with E-state index in [1.165, 1.54) is 5.69 Å². The number of H-pyrrole nitrogens is 1. The number of rotatable bonds is 2. The maximum absolute atomic E-state index is 4.29. The minimum absolute atomic E-state index is 0.929. The Kier molecular flexibility index (Phi) is 2.46. The van der Waals surface area contributed by atoms with Crippen molar-refractivity contribution in [2.75, 3.05) is 19.0 Å². The predicted octanol–water partition coefficient (Wildman–Crippen LogP) is 2.45. The Morgan fingerprint density at radius 2 is 1.80 bits per heavy atom. The molecular weight excluding hydrogens is 186 g/mol. The summed E-state index contributed by atoms with van der Waals surface area (Å²) >= 11 is 0. The summed E-state index contributed by atoms with van der Waals surface area (Å²) in [5.74, 6) is 0.929. The second kappa shape index (κ2) is 3.77. The fraction of sp³-hybridized carbons (Fsp3) is 0.250. The van der Waals surface area contributed by atoms with Crippen molar-refractivity contribution in [2.24, 2.45) is 0 Å². The molecular formula is C12H15N3. The van der Waals surface area contributed by atoms with Crippen molar-refractivity contribution >= 4 is 5.69 Å². The molecule has 0 saturated heterocycles. The van der Waals surface area contributed by atoms with Gasteiger partial charge < -0.3 is 9.88 Å². The van der Waals surface area contributed by atoms with Crippen LogP contribution in [0.25, 0.3) is 11.4 Å². The SMILES string of the molecule is Cc1cnc(-c2ccc(N(C)C)cc2)[nH]1. The zero-order valence-corrected chi connectivity index (χ0v) is 9.28. The van der Waals surface area contributed by atoms with E-state index in [0.717, 1.165) is 17.1 Å². The van der Waals surface area contributed by atoms with Crippen LogP contribution in [-0.4, -0.2) is 24.1 Å². The van der Waals surface area contributed by atoms with Crippen LogP contribution < -0.4 is 4.90 Å². The summed E-state index contributed by atoms with van der Waals surface area (Å²) < 4.78 is 0. The normalized spacial score (nSPS) is 10.3. The van der Waals surface area contributed by atoms with Gasteiger partial charge in [0.05, 0.1) is 0 Å². The summed E-state index contributed by atoms with van der Waals surface area (Å²) in [5, 5.41) is 0. The largest absolute Gasteiger partial charge is 0.378 e. The number of anilines is 1. The lowest BCUT2D eigenvalue weighted by atomic mass is 10.2. The third-order valence-corrected chi connectivity index (χ3v) is 2.36. The molecule has 1 aromatic heterocycles. The van der Waals surface area contributed by atoms with E-state index in [1.807, 2.05) is 27.2 Å². The molecule has 2 aromatic rings. The first-order chi connectivity index (χ1) is 7.16. The Morgan fingerprint density at radius 3 is 2.27 bits per heavy atom. The molecule has 0 radical (unpaired) electrons. The number of benzene rings is 1. The molecule has 0 unspecified atom stereocenters. The highest BCUT2D eigenvalue weighted by molar-refractivity contribution is 5.60. The molecule has 0 fully saturated rings. The third-order valence-electron chi connectivity index (χ3n) is 2.36. The maximum Gasteiger partial charge on any atom is 0.137 e. The number of nitrogens with zero attached hydrogens (tertiary/aromatic N) is 2. The highest BCUT2D eigenvalue weighted by Crippen LogP contribution is 2.19. The summed E-state index contributed by atoms with van der Waals surface area (Å²) in [6, 6.07) is 8.33. The maximum atomic E-state index is 4.29. The fourth-order valence-electron chi connectivity index (χ4n) is 1.48. The van der Waals surface area contributed by atoms with Gasteiger partial charge in [0.1, 0.15) is 5.82 Å². The topological polar surface area (TPSA) is 31.9 Å². The lowest BCUT2D eigenvalue weighted by molar-refractivity contribution is 1.13. The molecule has 0 spiro atoms. The van der Waals surface area contributed by atoms with Gasteiger partial charge in [-0.1, -0.05) is 0 Å². The van der Waals surface area contributed by atoms with Crippen LogP contribution in [0, 0.1) is 6.92 Å². The monoisotopic (exact) mass is 201 g/mol. The van der Waals surface area contributed by atoms with Crippen molar-refractivity contribution in [1.29, 1.82) is 0 Å². The van der Waals surface area contributed by atoms with Gasteiger partial charge in [-0.2, -0.15) is 0 Å². The van der Waals surface area contributed by atoms with Crippen LogP contribution in [0.15, 0.2) is 30.5 Å². The quantitative estimate of drug-likeness (QED) is 0.809. The van der Waals surface area contributed by atoms with Crippen LogP contribution in [0.4, 0.5) is 5.69 Å². The Balaban J connectivity index is 2.31. The number of nitrogens with one attached hydrogen (secondary N) is 1. The van der Waals surface area contributed by atoms with Gasteiger partial charge in [0.25, 0.3) is 0 Å². The average Bonchev–Trinajstić information content (AvgIpc) is 2.65. The van der Waals surface area contributed by atoms with Crippen molar-refractivity contribution in [3.8, 4) is 11.4 Å². The molecule has 3 nitrogen and oxygen atoms in total. The standard InChI is InChI=1S/C12H15N3/c1-9-8-13-12(14-9)10-4-6-11(7-5-10)15(2)3/h4-8H,1-3H3,(H,13,14). The van der Waals surface area contributed by atoms with Gasteiger partial charge in [0.15, 0.2) is 0 Å². The molecule has 3 heteroatoms. The summed E-state index contributed by atoms with van der Waals surface area (Å²) in [7, 11) is 4.07. The van der Waals surface area contributed by atoms with E-state index in [2.05, 4.69) is 39.1 Å². The van der Waals surface area contributed by atoms with Crippen molar-refractivity contribution < 1.29 is 0 Å². The highest BCUT2D eigenvalue weighted by Gasteiger charge is 2.01. The van der Waals surface area contributed by atoms with Gasteiger partial charge in [-0.3, -0.25) is 0 Å². The molecule has 2 rings (SSSR count). The minimum Gasteiger partial charge on any atom is -0.378 e. The zero-order chi connectivity index (χ0) is 10.8. The summed E-state index contributed by atoms with van der Waals surface area (Å²) in [4.78, 5) is 9.59. The van der Waals surface area contributed by atoms with Gasteiger partial charge in [0.2, 0.25) is 0 Å². The van der Waals surface area contributed by atoms with Gasteiger partial charge in [-0.15, -0.1) is 0 Å². The van der Waals surface area contributed by atoms with Crippen molar-refractivity contribution in [3.63, 3.8) is 0 Å². The van der Waals surface area contributed by atoms with Gasteiger partial charge in [-0.25, -0.2) is 4.98 Å². The molecule has 1 N–H and O–H groups in total. The Bertz CT molecular complexity index is 440. The fourth-order valence-corrected chi connectivity index (χ4v) is 1.48. The summed E-state index contributed by atoms with van der Waals surface area (Å²) in [6.07, 6.45) is 1.84. The molecule has 0 amide bonds. The molecule has 0 saturated carbocycles. The molecule has 0 aliphatic carbocycles. The lowest BCUT2D eigenvalue weighted by Crippen LogP contribution is -2.07. The Labute approximate surface area is 89.8 Å². The molecule has 1 heterocycles. The number of imidazole rings is 1. The van der Waals surface area contributed by atoms with Crippen LogP contribution in [0.2, 0.25) is 0 Å². The van der Waals surface area contributed by atoms with E-state index in [9.17, 15) is 0 Å². The van der Waals surface area contributed by atoms with Crippen molar-refractivity contribution in [2.45, 2.75) is 6.92 Å². The third kappa shape index (κ3) is 2.01. The number of aromatic amines is 1. The zero-order valence-electron chi connectivity index (χ0n) is 9.28. The molecule has 0 bridgehead atoms. The smallest absolute Gasteiger partial charge is 0.137 e. The van der Waals surface area contributed by atoms with Crippen LogP contribution in [0.5, 0.6) is 0 Å². The summed E-state index contributed by atoms with van der Waals surface area (Å²) in [5.41, 5.74) is 3.40. The Morgan fingerprint density at radius 1 is 1.13 bits per heavy atom. The van der Waals surface area contributed by atoms with E-state index >= 15 is 0 Å². The Hall–Kier alpha value is -1.77. The van der Waals surface area contributed by atoms with E-state index in [0.29, 0.717) is 0 Å². The molecule has 78 valence electrons. The first-order valence-corrected chi connectivity index (χ1v) is 4.96. The van der Waals surface area contributed by atoms with Crippen LogP contribution in [-0.2, 0) is 0 Å². The number of hydrogen-bond acceptors (Lipinski definition) is 2. The van der Waals surface area contributed by atoms with E-state index in [1.54, 1.807) is 0 Å². The highest BCUT2D eigenvalue weighted by atomic mass is 15.1. The van der Waals surface area contributed by atoms with Crippen LogP contribution >= 0.6 is 0 Å². The van der Waals surface area contributed by atoms with Crippen LogP contribution in [0.3, 0.4) is 0 Å². The molecule has 0 aliphatic heterocycles. The van der Waals surface area contributed by atoms with Crippen molar-refractivity contribution in [3.05, 3.63) is 36.2 Å². The second-order valence-electron chi connectivity index (χ2n) is 3.86. The van der Waals surface area contributed by atoms with Gasteiger partial charge in [-0.05, 0) is 31.2 Å². The summed E-state index contributed by atoms with van der Waals surface area (Å²) in [6.45, 7) is 2.00. The molecule has 1 aromatic carbocycles. The molecule has 0 aliphatic rings. The minimum atomic E-state index is 0.929. The van der Waals surface area contributed by atoms with Crippen LogP contribution in [0.1, 0.15) is 5.69 Å². The predicted molar refractivity (Wildman–Crippen MR) is 63.1 cm³/mol.